The van der Waals surface area contributed by atoms with Crippen LogP contribution in [0.1, 0.15) is 36.0 Å². The Kier molecular flexibility index (Phi) is 4.49. The van der Waals surface area contributed by atoms with Crippen LogP contribution in [0.2, 0.25) is 0 Å². The lowest BCUT2D eigenvalue weighted by atomic mass is 10.2. The average Bonchev–Trinajstić information content (AvgIpc) is 3.37. The summed E-state index contributed by atoms with van der Waals surface area (Å²) in [7, 11) is 1.70. The van der Waals surface area contributed by atoms with Crippen molar-refractivity contribution >= 4 is 0 Å². The number of benzene rings is 1. The van der Waals surface area contributed by atoms with E-state index in [1.54, 1.807) is 7.11 Å². The molecular weight excluding hydrogens is 304 g/mol. The summed E-state index contributed by atoms with van der Waals surface area (Å²) < 4.78 is 10.6. The van der Waals surface area contributed by atoms with E-state index < -0.39 is 0 Å². The van der Waals surface area contributed by atoms with Gasteiger partial charge in [-0.05, 0) is 30.5 Å². The van der Waals surface area contributed by atoms with Gasteiger partial charge in [0.1, 0.15) is 5.75 Å². The van der Waals surface area contributed by atoms with Gasteiger partial charge in [-0.15, -0.1) is 0 Å². The van der Waals surface area contributed by atoms with E-state index in [1.807, 2.05) is 12.1 Å². The first-order chi connectivity index (χ1) is 11.8. The number of nitrogens with zero attached hydrogens (tertiary/aromatic N) is 4. The van der Waals surface area contributed by atoms with Crippen LogP contribution in [0, 0.1) is 0 Å². The summed E-state index contributed by atoms with van der Waals surface area (Å²) in [6.45, 7) is 5.97. The topological polar surface area (TPSA) is 54.6 Å². The van der Waals surface area contributed by atoms with Gasteiger partial charge >= 0.3 is 0 Å². The van der Waals surface area contributed by atoms with Crippen molar-refractivity contribution in [3.05, 3.63) is 41.5 Å². The Balaban J connectivity index is 1.24. The Morgan fingerprint density at radius 3 is 2.33 bits per heavy atom. The van der Waals surface area contributed by atoms with Gasteiger partial charge in [-0.1, -0.05) is 17.3 Å². The molecule has 1 saturated carbocycles. The molecule has 2 aromatic rings. The third kappa shape index (κ3) is 3.76. The SMILES string of the molecule is COc1ccc(CN2CCN(Cc3nc(C4CC4)no3)CC2)cc1. The Labute approximate surface area is 142 Å². The van der Waals surface area contributed by atoms with Crippen molar-refractivity contribution in [3.8, 4) is 5.75 Å². The number of piperazine rings is 1. The van der Waals surface area contributed by atoms with E-state index in [0.29, 0.717) is 5.92 Å². The summed E-state index contributed by atoms with van der Waals surface area (Å²) in [5.41, 5.74) is 1.33. The van der Waals surface area contributed by atoms with Crippen molar-refractivity contribution < 1.29 is 9.26 Å². The van der Waals surface area contributed by atoms with Crippen molar-refractivity contribution in [1.82, 2.24) is 19.9 Å². The lowest BCUT2D eigenvalue weighted by Gasteiger charge is -2.33. The van der Waals surface area contributed by atoms with Crippen LogP contribution in [0.15, 0.2) is 28.8 Å². The van der Waals surface area contributed by atoms with Gasteiger partial charge in [0.2, 0.25) is 5.89 Å². The number of rotatable bonds is 6. The van der Waals surface area contributed by atoms with Crippen LogP contribution in [-0.4, -0.2) is 53.2 Å². The normalized spacial score (nSPS) is 19.5. The Morgan fingerprint density at radius 2 is 1.71 bits per heavy atom. The first-order valence-corrected chi connectivity index (χ1v) is 8.70. The van der Waals surface area contributed by atoms with Crippen LogP contribution < -0.4 is 4.74 Å². The van der Waals surface area contributed by atoms with Crippen LogP contribution in [0.5, 0.6) is 5.75 Å². The van der Waals surface area contributed by atoms with Crippen LogP contribution in [-0.2, 0) is 13.1 Å². The van der Waals surface area contributed by atoms with Crippen molar-refractivity contribution in [3.63, 3.8) is 0 Å². The fraction of sp³-hybridized carbons (Fsp3) is 0.556. The highest BCUT2D eigenvalue weighted by atomic mass is 16.5. The lowest BCUT2D eigenvalue weighted by molar-refractivity contribution is 0.112. The average molecular weight is 328 g/mol. The van der Waals surface area contributed by atoms with Gasteiger partial charge in [0.05, 0.1) is 13.7 Å². The molecule has 6 heteroatoms. The molecule has 1 aromatic carbocycles. The van der Waals surface area contributed by atoms with E-state index in [0.717, 1.165) is 56.7 Å². The van der Waals surface area contributed by atoms with Gasteiger partial charge in [0, 0.05) is 38.6 Å². The minimum absolute atomic E-state index is 0.559. The van der Waals surface area contributed by atoms with E-state index >= 15 is 0 Å². The van der Waals surface area contributed by atoms with Crippen LogP contribution in [0.4, 0.5) is 0 Å². The second kappa shape index (κ2) is 6.91. The zero-order valence-electron chi connectivity index (χ0n) is 14.1. The lowest BCUT2D eigenvalue weighted by Crippen LogP contribution is -2.45. The molecule has 0 unspecified atom stereocenters. The summed E-state index contributed by atoms with van der Waals surface area (Å²) in [6, 6.07) is 8.34. The third-order valence-corrected chi connectivity index (χ3v) is 4.82. The maximum Gasteiger partial charge on any atom is 0.240 e. The quantitative estimate of drug-likeness (QED) is 0.811. The molecule has 0 N–H and O–H groups in total. The molecule has 0 radical (unpaired) electrons. The van der Waals surface area contributed by atoms with Gasteiger partial charge in [-0.25, -0.2) is 0 Å². The van der Waals surface area contributed by atoms with Crippen LogP contribution >= 0.6 is 0 Å². The number of methoxy groups -OCH3 is 1. The molecule has 0 atom stereocenters. The monoisotopic (exact) mass is 328 g/mol. The second-order valence-electron chi connectivity index (χ2n) is 6.72. The molecule has 128 valence electrons. The first-order valence-electron chi connectivity index (χ1n) is 8.70. The summed E-state index contributed by atoms with van der Waals surface area (Å²) >= 11 is 0. The summed E-state index contributed by atoms with van der Waals surface area (Å²) in [5.74, 6) is 3.14. The molecule has 1 aliphatic carbocycles. The molecule has 1 saturated heterocycles. The van der Waals surface area contributed by atoms with Crippen molar-refractivity contribution in [2.24, 2.45) is 0 Å². The van der Waals surface area contributed by atoms with Gasteiger partial charge < -0.3 is 9.26 Å². The minimum atomic E-state index is 0.559. The molecule has 4 rings (SSSR count). The zero-order chi connectivity index (χ0) is 16.4. The Bertz CT molecular complexity index is 658. The molecular formula is C18H24N4O2. The summed E-state index contributed by atoms with van der Waals surface area (Å²) in [4.78, 5) is 9.41. The number of aromatic nitrogens is 2. The van der Waals surface area contributed by atoms with Crippen molar-refractivity contribution in [2.45, 2.75) is 31.8 Å². The van der Waals surface area contributed by atoms with Gasteiger partial charge in [0.15, 0.2) is 5.82 Å². The molecule has 24 heavy (non-hydrogen) atoms. The highest BCUT2D eigenvalue weighted by Gasteiger charge is 2.29. The fourth-order valence-corrected chi connectivity index (χ4v) is 3.13. The molecule has 0 amide bonds. The Morgan fingerprint density at radius 1 is 1.04 bits per heavy atom. The molecule has 2 aliphatic rings. The van der Waals surface area contributed by atoms with E-state index in [2.05, 4.69) is 32.1 Å². The standard InChI is InChI=1S/C18H24N4O2/c1-23-16-6-2-14(3-7-16)12-21-8-10-22(11-9-21)13-17-19-18(20-24-17)15-4-5-15/h2-3,6-7,15H,4-5,8-13H2,1H3. The minimum Gasteiger partial charge on any atom is -0.497 e. The Hall–Kier alpha value is -1.92. The summed E-state index contributed by atoms with van der Waals surface area (Å²) in [6.07, 6.45) is 2.42. The second-order valence-corrected chi connectivity index (χ2v) is 6.72. The van der Waals surface area contributed by atoms with E-state index in [4.69, 9.17) is 9.26 Å². The molecule has 2 heterocycles. The predicted octanol–water partition coefficient (Wildman–Crippen LogP) is 2.27. The largest absolute Gasteiger partial charge is 0.497 e. The molecule has 1 aliphatic heterocycles. The molecule has 0 spiro atoms. The van der Waals surface area contributed by atoms with Gasteiger partial charge in [0.25, 0.3) is 0 Å². The molecule has 6 nitrogen and oxygen atoms in total. The summed E-state index contributed by atoms with van der Waals surface area (Å²) in [5, 5.41) is 4.10. The van der Waals surface area contributed by atoms with E-state index in [-0.39, 0.29) is 0 Å². The highest BCUT2D eigenvalue weighted by Crippen LogP contribution is 2.38. The van der Waals surface area contributed by atoms with Crippen molar-refractivity contribution in [1.29, 1.82) is 0 Å². The van der Waals surface area contributed by atoms with E-state index in [9.17, 15) is 0 Å². The molecule has 0 bridgehead atoms. The van der Waals surface area contributed by atoms with E-state index in [1.165, 1.54) is 18.4 Å². The number of hydrogen-bond acceptors (Lipinski definition) is 6. The maximum atomic E-state index is 5.38. The zero-order valence-corrected chi connectivity index (χ0v) is 14.1. The van der Waals surface area contributed by atoms with Crippen molar-refractivity contribution in [2.75, 3.05) is 33.3 Å². The van der Waals surface area contributed by atoms with Gasteiger partial charge in [-0.3, -0.25) is 9.80 Å². The smallest absolute Gasteiger partial charge is 0.240 e. The van der Waals surface area contributed by atoms with Crippen LogP contribution in [0.25, 0.3) is 0 Å². The third-order valence-electron chi connectivity index (χ3n) is 4.82. The maximum absolute atomic E-state index is 5.38. The number of ether oxygens (including phenoxy) is 1. The molecule has 1 aromatic heterocycles. The number of hydrogen-bond donors (Lipinski definition) is 0. The predicted molar refractivity (Wildman–Crippen MR) is 89.8 cm³/mol. The highest BCUT2D eigenvalue weighted by molar-refractivity contribution is 5.27. The molecule has 2 fully saturated rings. The van der Waals surface area contributed by atoms with Gasteiger partial charge in [-0.2, -0.15) is 4.98 Å². The fourth-order valence-electron chi connectivity index (χ4n) is 3.13. The first kappa shape index (κ1) is 15.6. The van der Waals surface area contributed by atoms with Crippen LogP contribution in [0.3, 0.4) is 0 Å².